The van der Waals surface area contributed by atoms with Gasteiger partial charge in [0.15, 0.2) is 0 Å². The lowest BCUT2D eigenvalue weighted by Crippen LogP contribution is -2.16. The zero-order chi connectivity index (χ0) is 39.2. The van der Waals surface area contributed by atoms with E-state index >= 15 is 0 Å². The first-order valence-electron chi connectivity index (χ1n) is 20.1. The molecule has 5 nitrogen and oxygen atoms in total. The van der Waals surface area contributed by atoms with Gasteiger partial charge in [0.1, 0.15) is 28.8 Å². The standard InChI is InChI=1S/C54H37N3O2/c1-54(2)45-18-10-9-17-39(45)40-23-20-36(31-46(40)54)56(34-13-5-3-6-14-34)37-21-24-41-43-26-29-48-53-44(27-28-47(52(43)53)58-49(41)32-37)42-25-22-38(33-50(42)59-48)57(35-15-7-4-8-16-35)51-19-11-12-30-55-51/h3-33H,1-2H3. The van der Waals surface area contributed by atoms with Crippen molar-refractivity contribution >= 4 is 45.0 Å². The van der Waals surface area contributed by atoms with Gasteiger partial charge in [-0.25, -0.2) is 4.98 Å². The van der Waals surface area contributed by atoms with Crippen LogP contribution in [0.4, 0.5) is 34.3 Å². The van der Waals surface area contributed by atoms with Crippen LogP contribution in [0.25, 0.3) is 44.2 Å². The summed E-state index contributed by atoms with van der Waals surface area (Å²) in [6, 6.07) is 64.2. The number of anilines is 6. The number of nitrogens with zero attached hydrogens (tertiary/aromatic N) is 3. The van der Waals surface area contributed by atoms with Crippen molar-refractivity contribution in [3.05, 3.63) is 199 Å². The molecule has 2 aliphatic heterocycles. The predicted molar refractivity (Wildman–Crippen MR) is 240 cm³/mol. The number of ether oxygens (including phenoxy) is 2. The Hall–Kier alpha value is -7.63. The fraction of sp³-hybridized carbons (Fsp3) is 0.0556. The van der Waals surface area contributed by atoms with Crippen LogP contribution in [0.1, 0.15) is 25.0 Å². The molecular weight excluding hydrogens is 723 g/mol. The van der Waals surface area contributed by atoms with Crippen molar-refractivity contribution in [3.63, 3.8) is 0 Å². The molecule has 0 amide bonds. The maximum absolute atomic E-state index is 6.88. The molecular formula is C54H37N3O2. The van der Waals surface area contributed by atoms with Gasteiger partial charge in [-0.3, -0.25) is 4.90 Å². The summed E-state index contributed by atoms with van der Waals surface area (Å²) in [6.07, 6.45) is 1.82. The quantitative estimate of drug-likeness (QED) is 0.169. The largest absolute Gasteiger partial charge is 0.456 e. The Morgan fingerprint density at radius 3 is 1.47 bits per heavy atom. The Labute approximate surface area is 343 Å². The lowest BCUT2D eigenvalue weighted by Gasteiger charge is -2.30. The molecule has 0 atom stereocenters. The van der Waals surface area contributed by atoms with Crippen molar-refractivity contribution in [2.45, 2.75) is 19.3 Å². The first-order chi connectivity index (χ1) is 29.0. The van der Waals surface area contributed by atoms with E-state index in [1.54, 1.807) is 0 Å². The first-order valence-corrected chi connectivity index (χ1v) is 20.1. The highest BCUT2D eigenvalue weighted by Crippen LogP contribution is 2.57. The minimum atomic E-state index is -0.111. The second-order valence-electron chi connectivity index (χ2n) is 16.0. The molecule has 3 aliphatic rings. The third kappa shape index (κ3) is 5.08. The Morgan fingerprint density at radius 1 is 0.373 bits per heavy atom. The minimum absolute atomic E-state index is 0.111. The number of pyridine rings is 1. The second-order valence-corrected chi connectivity index (χ2v) is 16.0. The number of para-hydroxylation sites is 2. The lowest BCUT2D eigenvalue weighted by molar-refractivity contribution is 0.480. The van der Waals surface area contributed by atoms with E-state index in [9.17, 15) is 0 Å². The van der Waals surface area contributed by atoms with Gasteiger partial charge in [0, 0.05) is 68.4 Å². The molecule has 0 saturated heterocycles. The van der Waals surface area contributed by atoms with E-state index in [0.717, 1.165) is 90.3 Å². The first kappa shape index (κ1) is 33.5. The van der Waals surface area contributed by atoms with Crippen LogP contribution < -0.4 is 19.3 Å². The van der Waals surface area contributed by atoms with Gasteiger partial charge in [0.2, 0.25) is 0 Å². The van der Waals surface area contributed by atoms with Crippen molar-refractivity contribution in [1.29, 1.82) is 0 Å². The smallest absolute Gasteiger partial charge is 0.137 e. The third-order valence-electron chi connectivity index (χ3n) is 12.3. The molecule has 1 aromatic heterocycles. The number of hydrogen-bond donors (Lipinski definition) is 0. The van der Waals surface area contributed by atoms with Crippen molar-refractivity contribution in [1.82, 2.24) is 4.98 Å². The van der Waals surface area contributed by atoms with Gasteiger partial charge in [0.05, 0.1) is 5.69 Å². The van der Waals surface area contributed by atoms with Gasteiger partial charge in [-0.1, -0.05) is 86.6 Å². The summed E-state index contributed by atoms with van der Waals surface area (Å²) in [6.45, 7) is 4.66. The number of benzene rings is 8. The number of rotatable bonds is 6. The predicted octanol–water partition coefficient (Wildman–Crippen LogP) is 15.0. The van der Waals surface area contributed by atoms with Gasteiger partial charge in [-0.05, 0) is 130 Å². The Morgan fingerprint density at radius 2 is 0.864 bits per heavy atom. The zero-order valence-corrected chi connectivity index (χ0v) is 32.6. The van der Waals surface area contributed by atoms with Gasteiger partial charge >= 0.3 is 0 Å². The summed E-state index contributed by atoms with van der Waals surface area (Å²) >= 11 is 0. The van der Waals surface area contributed by atoms with E-state index in [0.29, 0.717) is 0 Å². The summed E-state index contributed by atoms with van der Waals surface area (Å²) in [5, 5.41) is 2.13. The van der Waals surface area contributed by atoms with E-state index in [1.807, 2.05) is 42.6 Å². The summed E-state index contributed by atoms with van der Waals surface area (Å²) in [5.41, 5.74) is 14.8. The van der Waals surface area contributed by atoms with Crippen molar-refractivity contribution < 1.29 is 9.47 Å². The molecule has 0 N–H and O–H groups in total. The number of fused-ring (bicyclic) bond motifs is 7. The molecule has 280 valence electrons. The van der Waals surface area contributed by atoms with Crippen molar-refractivity contribution in [2.24, 2.45) is 0 Å². The molecule has 1 aliphatic carbocycles. The van der Waals surface area contributed by atoms with Crippen LogP contribution in [0.3, 0.4) is 0 Å². The van der Waals surface area contributed by atoms with Crippen molar-refractivity contribution in [2.75, 3.05) is 9.80 Å². The fourth-order valence-electron chi connectivity index (χ4n) is 9.53. The molecule has 0 fully saturated rings. The van der Waals surface area contributed by atoms with Gasteiger partial charge in [0.25, 0.3) is 0 Å². The topological polar surface area (TPSA) is 37.8 Å². The minimum Gasteiger partial charge on any atom is -0.456 e. The Bertz CT molecular complexity index is 3100. The van der Waals surface area contributed by atoms with Crippen LogP contribution in [0.15, 0.2) is 188 Å². The summed E-state index contributed by atoms with van der Waals surface area (Å²) in [5.74, 6) is 4.10. The van der Waals surface area contributed by atoms with Crippen LogP contribution in [-0.4, -0.2) is 4.98 Å². The van der Waals surface area contributed by atoms with E-state index in [1.165, 1.54) is 22.3 Å². The van der Waals surface area contributed by atoms with Crippen LogP contribution in [0.5, 0.6) is 23.0 Å². The van der Waals surface area contributed by atoms with E-state index in [-0.39, 0.29) is 5.41 Å². The van der Waals surface area contributed by atoms with Gasteiger partial charge in [-0.2, -0.15) is 0 Å². The monoisotopic (exact) mass is 759 g/mol. The number of hydrogen-bond acceptors (Lipinski definition) is 5. The van der Waals surface area contributed by atoms with Crippen LogP contribution in [0, 0.1) is 0 Å². The second kappa shape index (κ2) is 12.7. The van der Waals surface area contributed by atoms with E-state index < -0.39 is 0 Å². The molecule has 5 heteroatoms. The van der Waals surface area contributed by atoms with E-state index in [2.05, 4.69) is 169 Å². The molecule has 12 rings (SSSR count). The molecule has 0 unspecified atom stereocenters. The van der Waals surface area contributed by atoms with Gasteiger partial charge in [-0.15, -0.1) is 0 Å². The highest BCUT2D eigenvalue weighted by atomic mass is 16.5. The van der Waals surface area contributed by atoms with Gasteiger partial charge < -0.3 is 14.4 Å². The van der Waals surface area contributed by atoms with Crippen LogP contribution in [0.2, 0.25) is 0 Å². The van der Waals surface area contributed by atoms with Crippen LogP contribution >= 0.6 is 0 Å². The molecule has 8 aromatic carbocycles. The molecule has 0 bridgehead atoms. The Balaban J connectivity index is 0.945. The highest BCUT2D eigenvalue weighted by molar-refractivity contribution is 6.14. The normalized spacial score (nSPS) is 13.3. The average Bonchev–Trinajstić information content (AvgIpc) is 3.51. The molecule has 3 heterocycles. The maximum atomic E-state index is 6.88. The van der Waals surface area contributed by atoms with Crippen molar-refractivity contribution in [3.8, 4) is 56.4 Å². The average molecular weight is 760 g/mol. The molecule has 9 aromatic rings. The maximum Gasteiger partial charge on any atom is 0.137 e. The number of aromatic nitrogens is 1. The zero-order valence-electron chi connectivity index (χ0n) is 32.6. The third-order valence-corrected chi connectivity index (χ3v) is 12.3. The van der Waals surface area contributed by atoms with E-state index in [4.69, 9.17) is 14.5 Å². The fourth-order valence-corrected chi connectivity index (χ4v) is 9.53. The Kier molecular flexibility index (Phi) is 7.20. The highest BCUT2D eigenvalue weighted by Gasteiger charge is 2.36. The lowest BCUT2D eigenvalue weighted by atomic mass is 9.82. The van der Waals surface area contributed by atoms with Crippen LogP contribution in [-0.2, 0) is 5.41 Å². The molecule has 59 heavy (non-hydrogen) atoms. The summed E-state index contributed by atoms with van der Waals surface area (Å²) in [4.78, 5) is 9.20. The summed E-state index contributed by atoms with van der Waals surface area (Å²) in [7, 11) is 0. The molecule has 0 saturated carbocycles. The molecule has 0 radical (unpaired) electrons. The SMILES string of the molecule is CC1(C)c2ccccc2-c2ccc(N(c3ccccc3)c3ccc4c(c3)Oc3ccc5c6c(ccc-4c36)Oc3cc(N(c4ccccc4)c4ccccn4)ccc3-5)cc21. The molecule has 0 spiro atoms. The summed E-state index contributed by atoms with van der Waals surface area (Å²) < 4.78 is 13.7.